The Morgan fingerprint density at radius 2 is 2.32 bits per heavy atom. The van der Waals surface area contributed by atoms with Gasteiger partial charge in [0.15, 0.2) is 0 Å². The summed E-state index contributed by atoms with van der Waals surface area (Å²) in [6.07, 6.45) is 2.05. The first kappa shape index (κ1) is 15.0. The highest BCUT2D eigenvalue weighted by molar-refractivity contribution is 7.18. The van der Waals surface area contributed by atoms with Crippen LogP contribution in [-0.2, 0) is 17.8 Å². The van der Waals surface area contributed by atoms with Crippen LogP contribution < -0.4 is 11.1 Å². The highest BCUT2D eigenvalue weighted by Gasteiger charge is 2.15. The number of fused-ring (bicyclic) bond motifs is 1. The van der Waals surface area contributed by atoms with Crippen LogP contribution in [0.15, 0.2) is 30.5 Å². The summed E-state index contributed by atoms with van der Waals surface area (Å²) in [4.78, 5) is 16.4. The molecule has 6 nitrogen and oxygen atoms in total. The Balaban J connectivity index is 1.59. The van der Waals surface area contributed by atoms with Crippen molar-refractivity contribution in [1.82, 2.24) is 20.5 Å². The average molecular weight is 336 g/mol. The van der Waals surface area contributed by atoms with Gasteiger partial charge in [-0.2, -0.15) is 5.10 Å². The number of amides is 1. The van der Waals surface area contributed by atoms with Gasteiger partial charge in [0.05, 0.1) is 22.8 Å². The molecule has 114 valence electrons. The van der Waals surface area contributed by atoms with Gasteiger partial charge in [0.1, 0.15) is 5.01 Å². The van der Waals surface area contributed by atoms with Crippen LogP contribution in [0.25, 0.3) is 10.2 Å². The first-order chi connectivity index (χ1) is 10.6. The number of nitrogens with two attached hydrogens (primary N) is 1. The zero-order valence-electron chi connectivity index (χ0n) is 11.5. The normalized spacial score (nSPS) is 12.5. The number of aromatic nitrogens is 3. The first-order valence-electron chi connectivity index (χ1n) is 6.68. The third-order valence-electron chi connectivity index (χ3n) is 3.14. The third kappa shape index (κ3) is 3.44. The number of carbonyl (C=O) groups is 1. The van der Waals surface area contributed by atoms with Crippen LogP contribution in [-0.4, -0.2) is 27.1 Å². The maximum absolute atomic E-state index is 12.0. The monoisotopic (exact) mass is 335 g/mol. The zero-order valence-corrected chi connectivity index (χ0v) is 13.1. The van der Waals surface area contributed by atoms with Crippen molar-refractivity contribution in [3.8, 4) is 0 Å². The summed E-state index contributed by atoms with van der Waals surface area (Å²) >= 11 is 7.46. The Hall–Kier alpha value is -1.96. The Bertz CT molecular complexity index is 786. The minimum atomic E-state index is -0.621. The molecular formula is C14H14ClN5OS. The Labute approximate surface area is 135 Å². The average Bonchev–Trinajstić information content (AvgIpc) is 3.13. The fourth-order valence-electron chi connectivity index (χ4n) is 2.05. The van der Waals surface area contributed by atoms with Crippen LogP contribution in [0.2, 0.25) is 5.02 Å². The minimum Gasteiger partial charge on any atom is -0.348 e. The minimum absolute atomic E-state index is 0.216. The summed E-state index contributed by atoms with van der Waals surface area (Å²) in [6, 6.07) is 6.73. The summed E-state index contributed by atoms with van der Waals surface area (Å²) in [5, 5.41) is 10.9. The highest BCUT2D eigenvalue weighted by atomic mass is 35.5. The number of nitrogens with zero attached hydrogens (tertiary/aromatic N) is 2. The summed E-state index contributed by atoms with van der Waals surface area (Å²) in [5.41, 5.74) is 7.54. The number of benzene rings is 1. The van der Waals surface area contributed by atoms with Crippen molar-refractivity contribution in [3.63, 3.8) is 0 Å². The molecule has 1 amide bonds. The maximum Gasteiger partial charge on any atom is 0.237 e. The zero-order chi connectivity index (χ0) is 15.5. The van der Waals surface area contributed by atoms with Crippen molar-refractivity contribution >= 4 is 39.1 Å². The standard InChI is InChI=1S/C14H14ClN5OS/c15-8-1-2-12-11(5-8)19-13(22-12)7-17-14(21)10(16)6-9-3-4-18-20-9/h1-5,10H,6-7,16H2,(H,17,21)(H,18,20). The van der Waals surface area contributed by atoms with Gasteiger partial charge in [-0.15, -0.1) is 11.3 Å². The lowest BCUT2D eigenvalue weighted by molar-refractivity contribution is -0.122. The van der Waals surface area contributed by atoms with Gasteiger partial charge in [-0.3, -0.25) is 9.89 Å². The van der Waals surface area contributed by atoms with E-state index < -0.39 is 6.04 Å². The molecule has 0 bridgehead atoms. The van der Waals surface area contributed by atoms with Gasteiger partial charge < -0.3 is 11.1 Å². The first-order valence-corrected chi connectivity index (χ1v) is 7.88. The van der Waals surface area contributed by atoms with E-state index in [0.29, 0.717) is 18.0 Å². The molecule has 1 atom stereocenters. The maximum atomic E-state index is 12.0. The van der Waals surface area contributed by atoms with E-state index in [1.807, 2.05) is 18.2 Å². The van der Waals surface area contributed by atoms with E-state index in [4.69, 9.17) is 17.3 Å². The van der Waals surface area contributed by atoms with Crippen LogP contribution in [0.3, 0.4) is 0 Å². The predicted molar refractivity (Wildman–Crippen MR) is 86.7 cm³/mol. The predicted octanol–water partition coefficient (Wildman–Crippen LogP) is 1.86. The number of rotatable bonds is 5. The van der Waals surface area contributed by atoms with E-state index >= 15 is 0 Å². The quantitative estimate of drug-likeness (QED) is 0.663. The van der Waals surface area contributed by atoms with Crippen LogP contribution in [0.1, 0.15) is 10.7 Å². The third-order valence-corrected chi connectivity index (χ3v) is 4.41. The molecule has 2 heterocycles. The van der Waals surface area contributed by atoms with Crippen molar-refractivity contribution in [3.05, 3.63) is 46.2 Å². The SMILES string of the molecule is NC(Cc1ccn[nH]1)C(=O)NCc1nc2cc(Cl)ccc2s1. The van der Waals surface area contributed by atoms with E-state index in [0.717, 1.165) is 20.9 Å². The number of halogens is 1. The molecule has 2 aromatic heterocycles. The van der Waals surface area contributed by atoms with Gasteiger partial charge >= 0.3 is 0 Å². The number of nitrogens with one attached hydrogen (secondary N) is 2. The summed E-state index contributed by atoms with van der Waals surface area (Å²) in [6.45, 7) is 0.354. The van der Waals surface area contributed by atoms with Crippen molar-refractivity contribution in [2.45, 2.75) is 19.0 Å². The van der Waals surface area contributed by atoms with Crippen molar-refractivity contribution in [1.29, 1.82) is 0 Å². The molecule has 0 radical (unpaired) electrons. The molecule has 0 saturated carbocycles. The second-order valence-electron chi connectivity index (χ2n) is 4.83. The number of aromatic amines is 1. The summed E-state index contributed by atoms with van der Waals surface area (Å²) in [7, 11) is 0. The second kappa shape index (κ2) is 6.43. The van der Waals surface area contributed by atoms with E-state index in [-0.39, 0.29) is 5.91 Å². The number of thiazole rings is 1. The van der Waals surface area contributed by atoms with E-state index in [1.54, 1.807) is 12.3 Å². The van der Waals surface area contributed by atoms with Crippen LogP contribution in [0, 0.1) is 0 Å². The van der Waals surface area contributed by atoms with Crippen LogP contribution >= 0.6 is 22.9 Å². The molecule has 1 aromatic carbocycles. The highest BCUT2D eigenvalue weighted by Crippen LogP contribution is 2.24. The molecule has 0 saturated heterocycles. The number of H-pyrrole nitrogens is 1. The molecule has 1 unspecified atom stereocenters. The summed E-state index contributed by atoms with van der Waals surface area (Å²) in [5.74, 6) is -0.216. The van der Waals surface area contributed by atoms with Gasteiger partial charge in [0, 0.05) is 23.3 Å². The van der Waals surface area contributed by atoms with Gasteiger partial charge in [-0.05, 0) is 24.3 Å². The van der Waals surface area contributed by atoms with Crippen molar-refractivity contribution < 1.29 is 4.79 Å². The smallest absolute Gasteiger partial charge is 0.237 e. The topological polar surface area (TPSA) is 96.7 Å². The molecule has 3 aromatic rings. The van der Waals surface area contributed by atoms with Crippen molar-refractivity contribution in [2.75, 3.05) is 0 Å². The Kier molecular flexibility index (Phi) is 4.37. The summed E-state index contributed by atoms with van der Waals surface area (Å²) < 4.78 is 1.04. The molecule has 22 heavy (non-hydrogen) atoms. The lowest BCUT2D eigenvalue weighted by Gasteiger charge is -2.10. The Morgan fingerprint density at radius 3 is 3.09 bits per heavy atom. The molecule has 0 aliphatic rings. The molecule has 3 rings (SSSR count). The molecule has 0 fully saturated rings. The lowest BCUT2D eigenvalue weighted by Crippen LogP contribution is -2.41. The van der Waals surface area contributed by atoms with E-state index in [9.17, 15) is 4.79 Å². The molecular weight excluding hydrogens is 322 g/mol. The molecule has 0 aliphatic carbocycles. The fraction of sp³-hybridized carbons (Fsp3) is 0.214. The molecule has 0 aliphatic heterocycles. The number of hydrogen-bond acceptors (Lipinski definition) is 5. The molecule has 0 spiro atoms. The Morgan fingerprint density at radius 1 is 1.45 bits per heavy atom. The van der Waals surface area contributed by atoms with Gasteiger partial charge in [0.25, 0.3) is 0 Å². The van der Waals surface area contributed by atoms with Gasteiger partial charge in [-0.1, -0.05) is 11.6 Å². The van der Waals surface area contributed by atoms with Crippen LogP contribution in [0.5, 0.6) is 0 Å². The van der Waals surface area contributed by atoms with Crippen LogP contribution in [0.4, 0.5) is 0 Å². The number of hydrogen-bond donors (Lipinski definition) is 3. The molecule has 8 heteroatoms. The fourth-order valence-corrected chi connectivity index (χ4v) is 3.10. The van der Waals surface area contributed by atoms with E-state index in [2.05, 4.69) is 20.5 Å². The van der Waals surface area contributed by atoms with Crippen molar-refractivity contribution in [2.24, 2.45) is 5.73 Å². The largest absolute Gasteiger partial charge is 0.348 e. The number of carbonyl (C=O) groups excluding carboxylic acids is 1. The lowest BCUT2D eigenvalue weighted by atomic mass is 10.1. The second-order valence-corrected chi connectivity index (χ2v) is 6.38. The van der Waals surface area contributed by atoms with E-state index in [1.165, 1.54) is 11.3 Å². The van der Waals surface area contributed by atoms with Gasteiger partial charge in [0.2, 0.25) is 5.91 Å². The molecule has 4 N–H and O–H groups in total. The van der Waals surface area contributed by atoms with Gasteiger partial charge in [-0.25, -0.2) is 4.98 Å².